The van der Waals surface area contributed by atoms with E-state index < -0.39 is 0 Å². The molecule has 0 aliphatic heterocycles. The summed E-state index contributed by atoms with van der Waals surface area (Å²) in [5.41, 5.74) is 6.71. The Hall–Kier alpha value is -2.04. The molecule has 0 saturated carbocycles. The van der Waals surface area contributed by atoms with Crippen molar-refractivity contribution in [2.75, 3.05) is 12.8 Å². The van der Waals surface area contributed by atoms with Crippen LogP contribution in [-0.2, 0) is 0 Å². The minimum atomic E-state index is 0.276. The van der Waals surface area contributed by atoms with Crippen molar-refractivity contribution in [3.63, 3.8) is 0 Å². The van der Waals surface area contributed by atoms with Crippen LogP contribution in [0.4, 0.5) is 5.88 Å². The van der Waals surface area contributed by atoms with Gasteiger partial charge < -0.3 is 15.0 Å². The SMILES string of the molecule is COc1ccc(-c2cc(N)on2)nc1. The molecule has 0 atom stereocenters. The van der Waals surface area contributed by atoms with Crippen molar-refractivity contribution in [1.82, 2.24) is 10.1 Å². The third-order valence-corrected chi connectivity index (χ3v) is 1.76. The number of anilines is 1. The topological polar surface area (TPSA) is 74.2 Å². The van der Waals surface area contributed by atoms with Gasteiger partial charge in [0.2, 0.25) is 5.88 Å². The van der Waals surface area contributed by atoms with E-state index in [1.807, 2.05) is 0 Å². The number of hydrogen-bond acceptors (Lipinski definition) is 5. The lowest BCUT2D eigenvalue weighted by Crippen LogP contribution is -1.86. The molecular formula is C9H9N3O2. The fourth-order valence-electron chi connectivity index (χ4n) is 1.06. The Morgan fingerprint density at radius 2 is 2.21 bits per heavy atom. The van der Waals surface area contributed by atoms with Crippen molar-refractivity contribution >= 4 is 5.88 Å². The van der Waals surface area contributed by atoms with E-state index in [-0.39, 0.29) is 5.88 Å². The average Bonchev–Trinajstić information content (AvgIpc) is 2.65. The van der Waals surface area contributed by atoms with Crippen LogP contribution in [0.2, 0.25) is 0 Å². The summed E-state index contributed by atoms with van der Waals surface area (Å²) in [6, 6.07) is 5.21. The molecule has 5 nitrogen and oxygen atoms in total. The second-order valence-corrected chi connectivity index (χ2v) is 2.70. The minimum Gasteiger partial charge on any atom is -0.495 e. The second kappa shape index (κ2) is 3.37. The van der Waals surface area contributed by atoms with Crippen molar-refractivity contribution in [2.24, 2.45) is 0 Å². The highest BCUT2D eigenvalue weighted by atomic mass is 16.5. The molecular weight excluding hydrogens is 182 g/mol. The Kier molecular flexibility index (Phi) is 2.06. The molecule has 0 aliphatic rings. The Balaban J connectivity index is 2.33. The molecule has 2 N–H and O–H groups in total. The Labute approximate surface area is 80.5 Å². The first kappa shape index (κ1) is 8.55. The number of ether oxygens (including phenoxy) is 1. The maximum Gasteiger partial charge on any atom is 0.222 e. The highest BCUT2D eigenvalue weighted by Gasteiger charge is 2.05. The van der Waals surface area contributed by atoms with Crippen molar-refractivity contribution < 1.29 is 9.26 Å². The van der Waals surface area contributed by atoms with Crippen LogP contribution in [0.25, 0.3) is 11.4 Å². The third-order valence-electron chi connectivity index (χ3n) is 1.76. The molecule has 0 aromatic carbocycles. The van der Waals surface area contributed by atoms with Gasteiger partial charge in [-0.05, 0) is 12.1 Å². The third kappa shape index (κ3) is 1.52. The van der Waals surface area contributed by atoms with Crippen LogP contribution in [0, 0.1) is 0 Å². The molecule has 0 spiro atoms. The molecule has 0 radical (unpaired) electrons. The summed E-state index contributed by atoms with van der Waals surface area (Å²) in [4.78, 5) is 4.13. The van der Waals surface area contributed by atoms with Crippen molar-refractivity contribution in [1.29, 1.82) is 0 Å². The van der Waals surface area contributed by atoms with Gasteiger partial charge in [0.1, 0.15) is 11.4 Å². The zero-order valence-electron chi connectivity index (χ0n) is 7.60. The first-order valence-electron chi connectivity index (χ1n) is 4.02. The van der Waals surface area contributed by atoms with E-state index in [2.05, 4.69) is 10.1 Å². The molecule has 2 aromatic heterocycles. The monoisotopic (exact) mass is 191 g/mol. The Bertz CT molecular complexity index is 422. The van der Waals surface area contributed by atoms with Gasteiger partial charge >= 0.3 is 0 Å². The fraction of sp³-hybridized carbons (Fsp3) is 0.111. The van der Waals surface area contributed by atoms with Crippen molar-refractivity contribution in [2.45, 2.75) is 0 Å². The number of nitrogens with zero attached hydrogens (tertiary/aromatic N) is 2. The van der Waals surface area contributed by atoms with Crippen LogP contribution in [0.15, 0.2) is 28.9 Å². The average molecular weight is 191 g/mol. The number of aromatic nitrogens is 2. The van der Waals surface area contributed by atoms with Gasteiger partial charge in [0.05, 0.1) is 19.0 Å². The summed E-state index contributed by atoms with van der Waals surface area (Å²) < 4.78 is 9.71. The van der Waals surface area contributed by atoms with E-state index in [0.717, 1.165) is 0 Å². The highest BCUT2D eigenvalue weighted by molar-refractivity contribution is 5.56. The number of nitrogen functional groups attached to an aromatic ring is 1. The quantitative estimate of drug-likeness (QED) is 0.775. The minimum absolute atomic E-state index is 0.276. The van der Waals surface area contributed by atoms with E-state index >= 15 is 0 Å². The van der Waals surface area contributed by atoms with Gasteiger partial charge in [-0.2, -0.15) is 0 Å². The largest absolute Gasteiger partial charge is 0.495 e. The van der Waals surface area contributed by atoms with E-state index in [4.69, 9.17) is 15.0 Å². The molecule has 0 unspecified atom stereocenters. The molecule has 0 saturated heterocycles. The number of hydrogen-bond donors (Lipinski definition) is 1. The maximum absolute atomic E-state index is 5.39. The summed E-state index contributed by atoms with van der Waals surface area (Å²) in [5, 5.41) is 3.74. The number of pyridine rings is 1. The fourth-order valence-corrected chi connectivity index (χ4v) is 1.06. The molecule has 2 aromatic rings. The van der Waals surface area contributed by atoms with Crippen molar-refractivity contribution in [3.8, 4) is 17.1 Å². The van der Waals surface area contributed by atoms with E-state index in [9.17, 15) is 0 Å². The summed E-state index contributed by atoms with van der Waals surface area (Å²) in [6.45, 7) is 0. The molecule has 14 heavy (non-hydrogen) atoms. The van der Waals surface area contributed by atoms with Gasteiger partial charge in [-0.25, -0.2) is 0 Å². The lowest BCUT2D eigenvalue weighted by molar-refractivity contribution is 0.413. The predicted octanol–water partition coefficient (Wildman–Crippen LogP) is 1.33. The molecule has 0 bridgehead atoms. The van der Waals surface area contributed by atoms with Gasteiger partial charge in [0.15, 0.2) is 0 Å². The highest BCUT2D eigenvalue weighted by Crippen LogP contribution is 2.19. The zero-order chi connectivity index (χ0) is 9.97. The summed E-state index contributed by atoms with van der Waals surface area (Å²) in [5.74, 6) is 0.975. The van der Waals surface area contributed by atoms with Crippen LogP contribution in [0.5, 0.6) is 5.75 Å². The van der Waals surface area contributed by atoms with Gasteiger partial charge in [0, 0.05) is 6.07 Å². The zero-order valence-corrected chi connectivity index (χ0v) is 7.60. The normalized spacial score (nSPS) is 10.1. The lowest BCUT2D eigenvalue weighted by atomic mass is 10.3. The van der Waals surface area contributed by atoms with Gasteiger partial charge in [-0.15, -0.1) is 0 Å². The van der Waals surface area contributed by atoms with Gasteiger partial charge in [-0.1, -0.05) is 5.16 Å². The predicted molar refractivity (Wildman–Crippen MR) is 50.7 cm³/mol. The molecule has 0 aliphatic carbocycles. The summed E-state index contributed by atoms with van der Waals surface area (Å²) in [7, 11) is 1.59. The summed E-state index contributed by atoms with van der Waals surface area (Å²) in [6.07, 6.45) is 1.61. The first-order chi connectivity index (χ1) is 6.79. The number of rotatable bonds is 2. The van der Waals surface area contributed by atoms with Gasteiger partial charge in [0.25, 0.3) is 0 Å². The second-order valence-electron chi connectivity index (χ2n) is 2.70. The van der Waals surface area contributed by atoms with Crippen LogP contribution in [0.1, 0.15) is 0 Å². The van der Waals surface area contributed by atoms with Crippen LogP contribution in [-0.4, -0.2) is 17.3 Å². The Morgan fingerprint density at radius 3 is 2.71 bits per heavy atom. The smallest absolute Gasteiger partial charge is 0.222 e. The molecule has 5 heteroatoms. The number of methoxy groups -OCH3 is 1. The molecule has 72 valence electrons. The Morgan fingerprint density at radius 1 is 1.36 bits per heavy atom. The molecule has 0 fully saturated rings. The molecule has 2 rings (SSSR count). The lowest BCUT2D eigenvalue weighted by Gasteiger charge is -1.98. The first-order valence-corrected chi connectivity index (χ1v) is 4.02. The maximum atomic E-state index is 5.39. The molecule has 0 amide bonds. The van der Waals surface area contributed by atoms with Crippen LogP contribution < -0.4 is 10.5 Å². The van der Waals surface area contributed by atoms with E-state index in [0.29, 0.717) is 17.1 Å². The number of nitrogens with two attached hydrogens (primary N) is 1. The van der Waals surface area contributed by atoms with Gasteiger partial charge in [-0.3, -0.25) is 4.98 Å². The summed E-state index contributed by atoms with van der Waals surface area (Å²) >= 11 is 0. The van der Waals surface area contributed by atoms with E-state index in [1.165, 1.54) is 0 Å². The molecule has 2 heterocycles. The van der Waals surface area contributed by atoms with E-state index in [1.54, 1.807) is 31.5 Å². The van der Waals surface area contributed by atoms with Crippen LogP contribution >= 0.6 is 0 Å². The standard InChI is InChI=1S/C9H9N3O2/c1-13-6-2-3-7(11-5-6)8-4-9(10)14-12-8/h2-5H,10H2,1H3. The van der Waals surface area contributed by atoms with Crippen molar-refractivity contribution in [3.05, 3.63) is 24.4 Å². The van der Waals surface area contributed by atoms with Crippen LogP contribution in [0.3, 0.4) is 0 Å².